The highest BCUT2D eigenvalue weighted by atomic mass is 16.5. The summed E-state index contributed by atoms with van der Waals surface area (Å²) < 4.78 is 7.17. The summed E-state index contributed by atoms with van der Waals surface area (Å²) in [5.74, 6) is 0.564. The zero-order chi connectivity index (χ0) is 20.3. The van der Waals surface area contributed by atoms with Crippen LogP contribution in [0.1, 0.15) is 44.7 Å². The van der Waals surface area contributed by atoms with Gasteiger partial charge in [0.25, 0.3) is 5.91 Å². The van der Waals surface area contributed by atoms with E-state index in [1.54, 1.807) is 44.5 Å². The van der Waals surface area contributed by atoms with Crippen molar-refractivity contribution >= 4 is 11.7 Å². The Bertz CT molecular complexity index is 1020. The highest BCUT2D eigenvalue weighted by Crippen LogP contribution is 2.21. The van der Waals surface area contributed by atoms with E-state index in [-0.39, 0.29) is 11.7 Å². The van der Waals surface area contributed by atoms with Crippen LogP contribution >= 0.6 is 0 Å². The van der Waals surface area contributed by atoms with E-state index in [4.69, 9.17) is 4.74 Å². The third-order valence-corrected chi connectivity index (χ3v) is 4.65. The fourth-order valence-corrected chi connectivity index (χ4v) is 3.23. The summed E-state index contributed by atoms with van der Waals surface area (Å²) in [6.07, 6.45) is 1.65. The molecule has 2 heterocycles. The van der Waals surface area contributed by atoms with Crippen molar-refractivity contribution in [3.63, 3.8) is 0 Å². The molecule has 0 bridgehead atoms. The van der Waals surface area contributed by atoms with E-state index in [2.05, 4.69) is 10.3 Å². The lowest BCUT2D eigenvalue weighted by Gasteiger charge is -2.11. The first-order valence-corrected chi connectivity index (χ1v) is 8.98. The van der Waals surface area contributed by atoms with Crippen LogP contribution in [0, 0.1) is 13.8 Å². The van der Waals surface area contributed by atoms with Crippen LogP contribution in [0.3, 0.4) is 0 Å². The first kappa shape index (κ1) is 19.4. The molecule has 1 aromatic carbocycles. The first-order chi connectivity index (χ1) is 13.4. The van der Waals surface area contributed by atoms with Gasteiger partial charge in [-0.2, -0.15) is 0 Å². The second kappa shape index (κ2) is 8.08. The number of ether oxygens (including phenoxy) is 1. The molecule has 1 amide bonds. The van der Waals surface area contributed by atoms with Gasteiger partial charge in [-0.3, -0.25) is 14.6 Å². The van der Waals surface area contributed by atoms with E-state index in [0.717, 1.165) is 22.8 Å². The Morgan fingerprint density at radius 1 is 1.11 bits per heavy atom. The van der Waals surface area contributed by atoms with Crippen molar-refractivity contribution in [2.75, 3.05) is 7.11 Å². The maximum atomic E-state index is 12.4. The van der Waals surface area contributed by atoms with Gasteiger partial charge in [0.15, 0.2) is 5.78 Å². The standard InChI is InChI=1S/C22H23N3O3/c1-14-11-21(16(3)26)15(2)25(14)19-7-5-17(6-8-19)22(27)24-13-18-12-20(28-4)9-10-23-18/h5-12H,13H2,1-4H3,(H,24,27). The van der Waals surface area contributed by atoms with Crippen molar-refractivity contribution in [2.24, 2.45) is 0 Å². The summed E-state index contributed by atoms with van der Waals surface area (Å²) in [4.78, 5) is 28.4. The molecule has 0 aliphatic rings. The van der Waals surface area contributed by atoms with Crippen molar-refractivity contribution in [3.05, 3.63) is 76.9 Å². The minimum absolute atomic E-state index is 0.0431. The normalized spacial score (nSPS) is 10.6. The van der Waals surface area contributed by atoms with E-state index in [9.17, 15) is 9.59 Å². The topological polar surface area (TPSA) is 73.2 Å². The molecule has 0 saturated heterocycles. The maximum absolute atomic E-state index is 12.4. The van der Waals surface area contributed by atoms with Gasteiger partial charge in [-0.05, 0) is 57.2 Å². The number of nitrogens with one attached hydrogen (secondary N) is 1. The van der Waals surface area contributed by atoms with Gasteiger partial charge in [-0.15, -0.1) is 0 Å². The molecule has 28 heavy (non-hydrogen) atoms. The largest absolute Gasteiger partial charge is 0.497 e. The molecule has 0 fully saturated rings. The summed E-state index contributed by atoms with van der Waals surface area (Å²) >= 11 is 0. The number of amides is 1. The van der Waals surface area contributed by atoms with Gasteiger partial charge < -0.3 is 14.6 Å². The smallest absolute Gasteiger partial charge is 0.251 e. The third kappa shape index (κ3) is 3.96. The number of Topliss-reactive ketones (excluding diaryl/α,β-unsaturated/α-hetero) is 1. The van der Waals surface area contributed by atoms with Crippen LogP contribution in [0.2, 0.25) is 0 Å². The maximum Gasteiger partial charge on any atom is 0.251 e. The van der Waals surface area contributed by atoms with Crippen LogP contribution in [-0.4, -0.2) is 28.4 Å². The fourth-order valence-electron chi connectivity index (χ4n) is 3.23. The number of benzene rings is 1. The van der Waals surface area contributed by atoms with Gasteiger partial charge in [0, 0.05) is 40.5 Å². The van der Waals surface area contributed by atoms with Gasteiger partial charge >= 0.3 is 0 Å². The van der Waals surface area contributed by atoms with Crippen LogP contribution in [-0.2, 0) is 6.54 Å². The molecule has 3 aromatic rings. The predicted octanol–water partition coefficient (Wildman–Crippen LogP) is 3.63. The number of ketones is 1. The van der Waals surface area contributed by atoms with Crippen molar-refractivity contribution < 1.29 is 14.3 Å². The van der Waals surface area contributed by atoms with Crippen LogP contribution in [0.25, 0.3) is 5.69 Å². The highest BCUT2D eigenvalue weighted by molar-refractivity contribution is 5.96. The number of hydrogen-bond acceptors (Lipinski definition) is 4. The van der Waals surface area contributed by atoms with E-state index >= 15 is 0 Å². The lowest BCUT2D eigenvalue weighted by atomic mass is 10.1. The van der Waals surface area contributed by atoms with Gasteiger partial charge in [-0.25, -0.2) is 0 Å². The lowest BCUT2D eigenvalue weighted by Crippen LogP contribution is -2.23. The predicted molar refractivity (Wildman–Crippen MR) is 107 cm³/mol. The average molecular weight is 377 g/mol. The van der Waals surface area contributed by atoms with E-state index < -0.39 is 0 Å². The molecular weight excluding hydrogens is 354 g/mol. The third-order valence-electron chi connectivity index (χ3n) is 4.65. The Morgan fingerprint density at radius 2 is 1.82 bits per heavy atom. The van der Waals surface area contributed by atoms with Crippen LogP contribution in [0.5, 0.6) is 5.75 Å². The SMILES string of the molecule is COc1ccnc(CNC(=O)c2ccc(-n3c(C)cc(C(C)=O)c3C)cc2)c1. The minimum Gasteiger partial charge on any atom is -0.497 e. The molecule has 0 atom stereocenters. The molecule has 0 unspecified atom stereocenters. The number of nitrogens with zero attached hydrogens (tertiary/aromatic N) is 2. The van der Waals surface area contributed by atoms with E-state index in [1.807, 2.05) is 36.6 Å². The Labute approximate surface area is 164 Å². The summed E-state index contributed by atoms with van der Waals surface area (Å²) in [5.41, 5.74) is 4.77. The Kier molecular flexibility index (Phi) is 5.59. The monoisotopic (exact) mass is 377 g/mol. The molecule has 1 N–H and O–H groups in total. The number of pyridine rings is 1. The molecule has 6 heteroatoms. The van der Waals surface area contributed by atoms with Crippen LogP contribution < -0.4 is 10.1 Å². The molecule has 0 saturated carbocycles. The second-order valence-electron chi connectivity index (χ2n) is 6.59. The molecule has 0 radical (unpaired) electrons. The minimum atomic E-state index is -0.179. The molecule has 3 rings (SSSR count). The highest BCUT2D eigenvalue weighted by Gasteiger charge is 2.14. The zero-order valence-electron chi connectivity index (χ0n) is 16.4. The van der Waals surface area contributed by atoms with Crippen LogP contribution in [0.4, 0.5) is 0 Å². The number of rotatable bonds is 6. The second-order valence-corrected chi connectivity index (χ2v) is 6.59. The quantitative estimate of drug-likeness (QED) is 0.666. The molecule has 2 aromatic heterocycles. The fraction of sp³-hybridized carbons (Fsp3) is 0.227. The number of aryl methyl sites for hydroxylation is 1. The molecule has 144 valence electrons. The van der Waals surface area contributed by atoms with Crippen LogP contribution in [0.15, 0.2) is 48.7 Å². The van der Waals surface area contributed by atoms with Gasteiger partial charge in [0.2, 0.25) is 0 Å². The summed E-state index contributed by atoms with van der Waals surface area (Å²) in [5, 5.41) is 2.86. The van der Waals surface area contributed by atoms with Gasteiger partial charge in [0.1, 0.15) is 5.75 Å². The number of hydrogen-bond donors (Lipinski definition) is 1. The Balaban J connectivity index is 1.74. The zero-order valence-corrected chi connectivity index (χ0v) is 16.4. The number of carbonyl (C=O) groups is 2. The molecule has 0 aliphatic carbocycles. The first-order valence-electron chi connectivity index (χ1n) is 8.98. The van der Waals surface area contributed by atoms with Crippen molar-refractivity contribution in [3.8, 4) is 11.4 Å². The van der Waals surface area contributed by atoms with Crippen molar-refractivity contribution in [1.82, 2.24) is 14.9 Å². The van der Waals surface area contributed by atoms with Crippen molar-refractivity contribution in [1.29, 1.82) is 0 Å². The lowest BCUT2D eigenvalue weighted by molar-refractivity contribution is 0.0949. The van der Waals surface area contributed by atoms with Gasteiger partial charge in [-0.1, -0.05) is 0 Å². The number of carbonyl (C=O) groups excluding carboxylic acids is 2. The molecule has 0 spiro atoms. The number of aromatic nitrogens is 2. The average Bonchev–Trinajstić information content (AvgIpc) is 3.00. The Morgan fingerprint density at radius 3 is 2.43 bits per heavy atom. The molecule has 6 nitrogen and oxygen atoms in total. The van der Waals surface area contributed by atoms with E-state index in [0.29, 0.717) is 23.4 Å². The molecule has 0 aliphatic heterocycles. The Hall–Kier alpha value is -3.41. The number of methoxy groups -OCH3 is 1. The summed E-state index contributed by atoms with van der Waals surface area (Å²) in [6, 6.07) is 12.7. The molecular formula is C22H23N3O3. The van der Waals surface area contributed by atoms with E-state index in [1.165, 1.54) is 0 Å². The van der Waals surface area contributed by atoms with Gasteiger partial charge in [0.05, 0.1) is 19.3 Å². The summed E-state index contributed by atoms with van der Waals surface area (Å²) in [6.45, 7) is 5.76. The van der Waals surface area contributed by atoms with Crippen molar-refractivity contribution in [2.45, 2.75) is 27.3 Å². The summed E-state index contributed by atoms with van der Waals surface area (Å²) in [7, 11) is 1.59.